The predicted molar refractivity (Wildman–Crippen MR) is 75.1 cm³/mol. The van der Waals surface area contributed by atoms with Gasteiger partial charge in [0.1, 0.15) is 6.04 Å². The van der Waals surface area contributed by atoms with Crippen molar-refractivity contribution in [3.8, 4) is 0 Å². The summed E-state index contributed by atoms with van der Waals surface area (Å²) in [4.78, 5) is 37.0. The highest BCUT2D eigenvalue weighted by atomic mass is 32.1. The first-order chi connectivity index (χ1) is 10.0. The van der Waals surface area contributed by atoms with Crippen LogP contribution in [-0.2, 0) is 20.7 Å². The number of carbonyl (C=O) groups excluding carboxylic acids is 2. The van der Waals surface area contributed by atoms with Gasteiger partial charge in [0.15, 0.2) is 0 Å². The van der Waals surface area contributed by atoms with E-state index >= 15 is 0 Å². The molecule has 114 valence electrons. The Morgan fingerprint density at radius 2 is 2.29 bits per heavy atom. The monoisotopic (exact) mass is 312 g/mol. The Labute approximate surface area is 125 Å². The van der Waals surface area contributed by atoms with Gasteiger partial charge in [-0.3, -0.25) is 19.8 Å². The molecule has 1 aromatic rings. The highest BCUT2D eigenvalue weighted by molar-refractivity contribution is 7.10. The molecule has 2 N–H and O–H groups in total. The van der Waals surface area contributed by atoms with Crippen molar-refractivity contribution in [2.24, 2.45) is 0 Å². The van der Waals surface area contributed by atoms with Gasteiger partial charge in [-0.2, -0.15) is 0 Å². The molecular weight excluding hydrogens is 296 g/mol. The molecule has 0 aromatic carbocycles. The fourth-order valence-corrected chi connectivity index (χ4v) is 3.24. The Kier molecular flexibility index (Phi) is 4.92. The molecule has 0 aliphatic carbocycles. The topological polar surface area (TPSA) is 95.9 Å². The van der Waals surface area contributed by atoms with Gasteiger partial charge in [-0.1, -0.05) is 0 Å². The number of hydrogen-bond donors (Lipinski definition) is 2. The van der Waals surface area contributed by atoms with Crippen LogP contribution in [0.4, 0.5) is 4.79 Å². The summed E-state index contributed by atoms with van der Waals surface area (Å²) < 4.78 is 4.62. The number of hydrogen-bond acceptors (Lipinski definition) is 6. The molecule has 21 heavy (non-hydrogen) atoms. The third-order valence-electron chi connectivity index (χ3n) is 3.16. The van der Waals surface area contributed by atoms with E-state index in [-0.39, 0.29) is 13.2 Å². The van der Waals surface area contributed by atoms with Crippen LogP contribution in [0, 0.1) is 0 Å². The molecular formula is C13H16N2O5S. The van der Waals surface area contributed by atoms with E-state index in [1.165, 1.54) is 11.3 Å². The van der Waals surface area contributed by atoms with Crippen molar-refractivity contribution in [1.29, 1.82) is 0 Å². The van der Waals surface area contributed by atoms with Crippen molar-refractivity contribution in [2.75, 3.05) is 19.7 Å². The van der Waals surface area contributed by atoms with E-state index in [2.05, 4.69) is 10.1 Å². The van der Waals surface area contributed by atoms with Crippen LogP contribution in [0.2, 0.25) is 0 Å². The van der Waals surface area contributed by atoms with Crippen LogP contribution < -0.4 is 5.32 Å². The minimum absolute atomic E-state index is 0.162. The fraction of sp³-hybridized carbons (Fsp3) is 0.462. The lowest BCUT2D eigenvalue weighted by atomic mass is 10.00. The van der Waals surface area contributed by atoms with Crippen LogP contribution in [0.5, 0.6) is 0 Å². The molecule has 2 amide bonds. The van der Waals surface area contributed by atoms with Gasteiger partial charge in [-0.25, -0.2) is 4.79 Å². The number of aliphatic carboxylic acids is 1. The minimum Gasteiger partial charge on any atom is -0.480 e. The molecule has 0 fully saturated rings. The number of carboxylic acids is 1. The van der Waals surface area contributed by atoms with Crippen molar-refractivity contribution >= 4 is 29.3 Å². The van der Waals surface area contributed by atoms with Gasteiger partial charge in [0, 0.05) is 11.4 Å². The molecule has 0 spiro atoms. The lowest BCUT2D eigenvalue weighted by molar-refractivity contribution is -0.144. The zero-order valence-electron chi connectivity index (χ0n) is 11.5. The summed E-state index contributed by atoms with van der Waals surface area (Å²) in [7, 11) is 0. The summed E-state index contributed by atoms with van der Waals surface area (Å²) >= 11 is 1.52. The van der Waals surface area contributed by atoms with E-state index in [1.807, 2.05) is 5.38 Å². The molecule has 8 heteroatoms. The van der Waals surface area contributed by atoms with Gasteiger partial charge in [-0.15, -0.1) is 11.3 Å². The minimum atomic E-state index is -1.00. The zero-order chi connectivity index (χ0) is 15.4. The molecule has 1 aromatic heterocycles. The Hall–Kier alpha value is -1.93. The molecule has 1 atom stereocenters. The molecule has 2 rings (SSSR count). The molecule has 1 unspecified atom stereocenters. The summed E-state index contributed by atoms with van der Waals surface area (Å²) in [6.07, 6.45) is -0.119. The molecule has 0 saturated carbocycles. The number of ether oxygens (including phenoxy) is 1. The number of amides is 2. The Balaban J connectivity index is 2.04. The van der Waals surface area contributed by atoms with E-state index in [0.29, 0.717) is 13.0 Å². The van der Waals surface area contributed by atoms with Crippen molar-refractivity contribution in [1.82, 2.24) is 10.2 Å². The van der Waals surface area contributed by atoms with Crippen molar-refractivity contribution < 1.29 is 24.2 Å². The normalized spacial score (nSPS) is 17.9. The number of carbonyl (C=O) groups is 3. The number of alkyl carbamates (subject to hydrolysis) is 1. The fourth-order valence-electron chi connectivity index (χ4n) is 2.33. The second-order valence-corrected chi connectivity index (χ2v) is 5.53. The van der Waals surface area contributed by atoms with Gasteiger partial charge < -0.3 is 9.84 Å². The number of fused-ring (bicyclic) bond motifs is 1. The third-order valence-corrected chi connectivity index (χ3v) is 4.16. The van der Waals surface area contributed by atoms with Crippen LogP contribution in [0.1, 0.15) is 23.4 Å². The quantitative estimate of drug-likeness (QED) is 0.861. The molecule has 2 heterocycles. The van der Waals surface area contributed by atoms with Crippen molar-refractivity contribution in [2.45, 2.75) is 19.4 Å². The standard InChI is InChI=1S/C13H16N2O5S/c1-2-20-13(19)14-10(16)7-15-5-3-9-8(4-6-21-9)11(15)12(17)18/h4,6,11H,2-3,5,7H2,1H3,(H,17,18)(H,14,16,19). The zero-order valence-corrected chi connectivity index (χ0v) is 12.3. The molecule has 1 aliphatic rings. The van der Waals surface area contributed by atoms with Gasteiger partial charge in [0.25, 0.3) is 0 Å². The average molecular weight is 312 g/mol. The lowest BCUT2D eigenvalue weighted by Crippen LogP contribution is -2.46. The lowest BCUT2D eigenvalue weighted by Gasteiger charge is -2.32. The summed E-state index contributed by atoms with van der Waals surface area (Å²) in [5, 5.41) is 13.3. The summed E-state index contributed by atoms with van der Waals surface area (Å²) in [6.45, 7) is 2.10. The Morgan fingerprint density at radius 3 is 2.95 bits per heavy atom. The first kappa shape index (κ1) is 15.5. The van der Waals surface area contributed by atoms with Gasteiger partial charge in [0.05, 0.1) is 13.2 Å². The number of carboxylic acid groups (broad SMARTS) is 1. The third kappa shape index (κ3) is 3.59. The highest BCUT2D eigenvalue weighted by Gasteiger charge is 2.34. The van der Waals surface area contributed by atoms with Crippen LogP contribution in [-0.4, -0.2) is 47.7 Å². The maximum absolute atomic E-state index is 11.8. The molecule has 0 saturated heterocycles. The van der Waals surface area contributed by atoms with Crippen LogP contribution in [0.3, 0.4) is 0 Å². The molecule has 7 nitrogen and oxygen atoms in total. The SMILES string of the molecule is CCOC(=O)NC(=O)CN1CCc2sccc2C1C(=O)O. The van der Waals surface area contributed by atoms with E-state index in [4.69, 9.17) is 0 Å². The average Bonchev–Trinajstić information content (AvgIpc) is 2.85. The smallest absolute Gasteiger partial charge is 0.413 e. The van der Waals surface area contributed by atoms with Crippen molar-refractivity contribution in [3.63, 3.8) is 0 Å². The summed E-state index contributed by atoms with van der Waals surface area (Å²) in [6, 6.07) is 0.918. The maximum Gasteiger partial charge on any atom is 0.413 e. The van der Waals surface area contributed by atoms with E-state index in [9.17, 15) is 19.5 Å². The van der Waals surface area contributed by atoms with Gasteiger partial charge >= 0.3 is 12.1 Å². The molecule has 0 radical (unpaired) electrons. The second-order valence-electron chi connectivity index (χ2n) is 4.53. The second kappa shape index (κ2) is 6.68. The maximum atomic E-state index is 11.8. The number of nitrogens with one attached hydrogen (secondary N) is 1. The van der Waals surface area contributed by atoms with Crippen LogP contribution in [0.15, 0.2) is 11.4 Å². The van der Waals surface area contributed by atoms with Crippen LogP contribution in [0.25, 0.3) is 0 Å². The Morgan fingerprint density at radius 1 is 1.52 bits per heavy atom. The molecule has 0 bridgehead atoms. The van der Waals surface area contributed by atoms with E-state index in [0.717, 1.165) is 10.4 Å². The number of imide groups is 1. The highest BCUT2D eigenvalue weighted by Crippen LogP contribution is 2.33. The first-order valence-electron chi connectivity index (χ1n) is 6.52. The Bertz CT molecular complexity index is 557. The van der Waals surface area contributed by atoms with Crippen LogP contribution >= 0.6 is 11.3 Å². The number of rotatable bonds is 4. The first-order valence-corrected chi connectivity index (χ1v) is 7.40. The van der Waals surface area contributed by atoms with Crippen molar-refractivity contribution in [3.05, 3.63) is 21.9 Å². The van der Waals surface area contributed by atoms with Gasteiger partial charge in [-0.05, 0) is 30.4 Å². The van der Waals surface area contributed by atoms with E-state index in [1.54, 1.807) is 17.9 Å². The van der Waals surface area contributed by atoms with Gasteiger partial charge in [0.2, 0.25) is 5.91 Å². The summed E-state index contributed by atoms with van der Waals surface area (Å²) in [5.41, 5.74) is 0.725. The largest absolute Gasteiger partial charge is 0.480 e. The summed E-state index contributed by atoms with van der Waals surface area (Å²) in [5.74, 6) is -1.57. The number of thiophene rings is 1. The molecule has 1 aliphatic heterocycles. The predicted octanol–water partition coefficient (Wildman–Crippen LogP) is 1.00. The number of nitrogens with zero attached hydrogens (tertiary/aromatic N) is 1. The van der Waals surface area contributed by atoms with E-state index < -0.39 is 24.0 Å².